The molecule has 2 rings (SSSR count). The summed E-state index contributed by atoms with van der Waals surface area (Å²) < 4.78 is 26.7. The molecule has 1 amide bonds. The monoisotopic (exact) mass is 313 g/mol. The largest absolute Gasteiger partial charge is 0.394 e. The van der Waals surface area contributed by atoms with Crippen molar-refractivity contribution in [3.8, 4) is 6.07 Å². The highest BCUT2D eigenvalue weighted by atomic mass is 19.3. The smallest absolute Gasteiger partial charge is 0.264 e. The van der Waals surface area contributed by atoms with E-state index in [0.717, 1.165) is 0 Å². The van der Waals surface area contributed by atoms with E-state index in [-0.39, 0.29) is 37.7 Å². The zero-order chi connectivity index (χ0) is 16.5. The zero-order valence-electron chi connectivity index (χ0n) is 12.9. The van der Waals surface area contributed by atoms with Gasteiger partial charge in [-0.25, -0.2) is 8.78 Å². The predicted octanol–water partition coefficient (Wildman–Crippen LogP) is 1.15. The zero-order valence-corrected chi connectivity index (χ0v) is 12.9. The summed E-state index contributed by atoms with van der Waals surface area (Å²) in [6, 6.07) is 1.62. The molecule has 0 aromatic rings. The Morgan fingerprint density at radius 3 is 2.59 bits per heavy atom. The van der Waals surface area contributed by atoms with Crippen LogP contribution in [0.5, 0.6) is 0 Å². The highest BCUT2D eigenvalue weighted by Gasteiger charge is 2.43. The number of halogens is 2. The molecule has 22 heavy (non-hydrogen) atoms. The molecule has 0 saturated carbocycles. The Balaban J connectivity index is 2.14. The Labute approximate surface area is 128 Å². The van der Waals surface area contributed by atoms with Gasteiger partial charge in [-0.3, -0.25) is 9.69 Å². The molecule has 2 saturated heterocycles. The van der Waals surface area contributed by atoms with Gasteiger partial charge in [0.05, 0.1) is 19.2 Å². The summed E-state index contributed by atoms with van der Waals surface area (Å²) in [6.45, 7) is 3.67. The van der Waals surface area contributed by atoms with Crippen LogP contribution >= 0.6 is 0 Å². The lowest BCUT2D eigenvalue weighted by Gasteiger charge is -2.40. The van der Waals surface area contributed by atoms with Crippen LogP contribution in [-0.4, -0.2) is 64.6 Å². The van der Waals surface area contributed by atoms with Gasteiger partial charge in [-0.2, -0.15) is 5.26 Å². The second kappa shape index (κ2) is 5.94. The second-order valence-corrected chi connectivity index (χ2v) is 6.47. The Morgan fingerprint density at radius 1 is 1.50 bits per heavy atom. The van der Waals surface area contributed by atoms with Crippen molar-refractivity contribution < 1.29 is 18.7 Å². The Kier molecular flexibility index (Phi) is 4.54. The Morgan fingerprint density at radius 2 is 2.18 bits per heavy atom. The summed E-state index contributed by atoms with van der Waals surface area (Å²) in [5, 5.41) is 18.4. The van der Waals surface area contributed by atoms with Crippen LogP contribution in [-0.2, 0) is 4.79 Å². The number of aliphatic hydroxyl groups is 1. The highest BCUT2D eigenvalue weighted by Crippen LogP contribution is 2.33. The fourth-order valence-corrected chi connectivity index (χ4v) is 2.87. The third kappa shape index (κ3) is 3.28. The lowest BCUT2D eigenvalue weighted by atomic mass is 9.96. The third-order valence-electron chi connectivity index (χ3n) is 4.45. The second-order valence-electron chi connectivity index (χ2n) is 6.47. The van der Waals surface area contributed by atoms with Crippen molar-refractivity contribution in [2.45, 2.75) is 44.2 Å². The molecule has 0 bridgehead atoms. The van der Waals surface area contributed by atoms with Crippen LogP contribution in [0.2, 0.25) is 0 Å². The van der Waals surface area contributed by atoms with Gasteiger partial charge >= 0.3 is 0 Å². The minimum atomic E-state index is -2.72. The molecule has 0 aromatic heterocycles. The molecule has 2 heterocycles. The summed E-state index contributed by atoms with van der Waals surface area (Å²) in [6.07, 6.45) is 1.96. The third-order valence-corrected chi connectivity index (χ3v) is 4.45. The van der Waals surface area contributed by atoms with Gasteiger partial charge in [-0.1, -0.05) is 0 Å². The number of nitrogens with zero attached hydrogens (tertiary/aromatic N) is 3. The van der Waals surface area contributed by atoms with Crippen molar-refractivity contribution in [3.63, 3.8) is 0 Å². The SMILES string of the molecule is CC(C)(C=C(C#N)C(=O)N1CC[C@@H]1CO)N1CCC(F)(F)C1. The van der Waals surface area contributed by atoms with E-state index in [9.17, 15) is 18.8 Å². The van der Waals surface area contributed by atoms with Crippen LogP contribution in [0, 0.1) is 11.3 Å². The van der Waals surface area contributed by atoms with Gasteiger partial charge in [0.25, 0.3) is 11.8 Å². The van der Waals surface area contributed by atoms with Crippen LogP contribution in [0.15, 0.2) is 11.6 Å². The molecule has 0 aliphatic carbocycles. The number of likely N-dealkylation sites (tertiary alicyclic amines) is 2. The van der Waals surface area contributed by atoms with Crippen molar-refractivity contribution in [2.24, 2.45) is 0 Å². The first-order valence-electron chi connectivity index (χ1n) is 7.38. The molecule has 0 aromatic carbocycles. The molecule has 0 radical (unpaired) electrons. The Bertz CT molecular complexity index is 523. The van der Waals surface area contributed by atoms with Gasteiger partial charge in [0.15, 0.2) is 0 Å². The van der Waals surface area contributed by atoms with E-state index in [4.69, 9.17) is 5.11 Å². The van der Waals surface area contributed by atoms with E-state index in [2.05, 4.69) is 0 Å². The van der Waals surface area contributed by atoms with Crippen molar-refractivity contribution in [2.75, 3.05) is 26.2 Å². The van der Waals surface area contributed by atoms with Gasteiger partial charge in [0.2, 0.25) is 0 Å². The Hall–Kier alpha value is -1.52. The number of hydrogen-bond donors (Lipinski definition) is 1. The fourth-order valence-electron chi connectivity index (χ4n) is 2.87. The average Bonchev–Trinajstić information content (AvgIpc) is 2.76. The van der Waals surface area contributed by atoms with Crippen LogP contribution in [0.1, 0.15) is 26.7 Å². The number of carbonyl (C=O) groups excluding carboxylic acids is 1. The number of alkyl halides is 2. The molecule has 2 aliphatic rings. The van der Waals surface area contributed by atoms with Crippen LogP contribution in [0.4, 0.5) is 8.78 Å². The van der Waals surface area contributed by atoms with Crippen molar-refractivity contribution >= 4 is 5.91 Å². The number of nitriles is 1. The van der Waals surface area contributed by atoms with Gasteiger partial charge in [-0.05, 0) is 26.3 Å². The molecule has 0 unspecified atom stereocenters. The number of rotatable bonds is 4. The van der Waals surface area contributed by atoms with Crippen molar-refractivity contribution in [1.82, 2.24) is 9.80 Å². The minimum Gasteiger partial charge on any atom is -0.394 e. The molecule has 1 atom stereocenters. The predicted molar refractivity (Wildman–Crippen MR) is 76.1 cm³/mol. The summed E-state index contributed by atoms with van der Waals surface area (Å²) in [7, 11) is 0. The number of hydrogen-bond acceptors (Lipinski definition) is 4. The topological polar surface area (TPSA) is 67.6 Å². The van der Waals surface area contributed by atoms with E-state index in [1.165, 1.54) is 11.0 Å². The first-order valence-corrected chi connectivity index (χ1v) is 7.38. The maximum atomic E-state index is 13.4. The number of amides is 1. The van der Waals surface area contributed by atoms with Gasteiger partial charge in [0.1, 0.15) is 11.6 Å². The quantitative estimate of drug-likeness (QED) is 0.624. The molecule has 122 valence electrons. The lowest BCUT2D eigenvalue weighted by Crippen LogP contribution is -2.53. The minimum absolute atomic E-state index is 0.0571. The molecular formula is C15H21F2N3O2. The van der Waals surface area contributed by atoms with Crippen LogP contribution < -0.4 is 0 Å². The highest BCUT2D eigenvalue weighted by molar-refractivity contribution is 5.98. The molecule has 2 aliphatic heterocycles. The van der Waals surface area contributed by atoms with Gasteiger partial charge in [0, 0.05) is 25.0 Å². The first-order chi connectivity index (χ1) is 10.2. The number of carbonyl (C=O) groups is 1. The van der Waals surface area contributed by atoms with Crippen LogP contribution in [0.3, 0.4) is 0 Å². The summed E-state index contributed by atoms with van der Waals surface area (Å²) in [4.78, 5) is 15.3. The number of aliphatic hydroxyl groups excluding tert-OH is 1. The van der Waals surface area contributed by atoms with E-state index >= 15 is 0 Å². The summed E-state index contributed by atoms with van der Waals surface area (Å²) in [5.74, 6) is -3.16. The molecule has 2 fully saturated rings. The van der Waals surface area contributed by atoms with Crippen molar-refractivity contribution in [1.29, 1.82) is 5.26 Å². The summed E-state index contributed by atoms with van der Waals surface area (Å²) >= 11 is 0. The molecule has 0 spiro atoms. The van der Waals surface area contributed by atoms with Crippen molar-refractivity contribution in [3.05, 3.63) is 11.6 Å². The standard InChI is InChI=1S/C15H21F2N3O2/c1-14(2,19-6-4-15(16,17)10-19)7-11(8-18)13(22)20-5-3-12(20)9-21/h7,12,21H,3-6,9-10H2,1-2H3/t12-/m1/s1. The van der Waals surface area contributed by atoms with Gasteiger partial charge in [-0.15, -0.1) is 0 Å². The van der Waals surface area contributed by atoms with E-state index in [0.29, 0.717) is 13.0 Å². The average molecular weight is 313 g/mol. The first kappa shape index (κ1) is 16.8. The van der Waals surface area contributed by atoms with Gasteiger partial charge < -0.3 is 10.0 Å². The van der Waals surface area contributed by atoms with E-state index in [1.54, 1.807) is 18.7 Å². The molecular weight excluding hydrogens is 292 g/mol. The fraction of sp³-hybridized carbons (Fsp3) is 0.733. The van der Waals surface area contributed by atoms with E-state index in [1.807, 2.05) is 6.07 Å². The maximum absolute atomic E-state index is 13.4. The van der Waals surface area contributed by atoms with E-state index < -0.39 is 17.4 Å². The van der Waals surface area contributed by atoms with Crippen LogP contribution in [0.25, 0.3) is 0 Å². The lowest BCUT2D eigenvalue weighted by molar-refractivity contribution is -0.135. The normalized spacial score (nSPS) is 25.7. The maximum Gasteiger partial charge on any atom is 0.264 e. The molecule has 5 nitrogen and oxygen atoms in total. The summed E-state index contributed by atoms with van der Waals surface area (Å²) in [5.41, 5.74) is -0.862. The molecule has 1 N–H and O–H groups in total. The molecule has 7 heteroatoms.